The van der Waals surface area contributed by atoms with E-state index < -0.39 is 41.9 Å². The number of amides is 3. The minimum absolute atomic E-state index is 0.0728. The molecule has 11 heteroatoms. The van der Waals surface area contributed by atoms with Gasteiger partial charge >= 0.3 is 12.3 Å². The van der Waals surface area contributed by atoms with Crippen LogP contribution in [0.4, 0.5) is 24.5 Å². The van der Waals surface area contributed by atoms with Crippen molar-refractivity contribution in [2.75, 3.05) is 10.2 Å². The van der Waals surface area contributed by atoms with E-state index in [4.69, 9.17) is 4.74 Å². The lowest BCUT2D eigenvalue weighted by atomic mass is 10.1. The van der Waals surface area contributed by atoms with Gasteiger partial charge in [0.2, 0.25) is 0 Å². The average molecular weight is 498 g/mol. The Hall–Kier alpha value is -4.67. The second-order valence-corrected chi connectivity index (χ2v) is 7.65. The number of imide groups is 1. The zero-order chi connectivity index (χ0) is 26.0. The van der Waals surface area contributed by atoms with Crippen LogP contribution < -0.4 is 15.0 Å². The molecule has 0 fully saturated rings. The molecule has 0 saturated heterocycles. The highest BCUT2D eigenvalue weighted by Crippen LogP contribution is 2.28. The van der Waals surface area contributed by atoms with Crippen LogP contribution in [-0.4, -0.2) is 36.2 Å². The molecule has 3 aromatic carbocycles. The highest BCUT2D eigenvalue weighted by atomic mass is 19.4. The first-order valence-corrected chi connectivity index (χ1v) is 10.5. The number of fused-ring (bicyclic) bond motifs is 1. The Bertz CT molecular complexity index is 1300. The van der Waals surface area contributed by atoms with Crippen LogP contribution in [0.25, 0.3) is 0 Å². The SMILES string of the molecule is CC(OC(=O)c1ccc(N2C(=O)c3ccccc3C2=O)cc1)C(=O)Nc1ccc(OC(F)(F)F)cc1. The summed E-state index contributed by atoms with van der Waals surface area (Å²) in [7, 11) is 0. The summed E-state index contributed by atoms with van der Waals surface area (Å²) in [5, 5.41) is 2.42. The van der Waals surface area contributed by atoms with E-state index in [0.29, 0.717) is 0 Å². The Kier molecular flexibility index (Phi) is 6.47. The Labute approximate surface area is 202 Å². The number of carbonyl (C=O) groups excluding carboxylic acids is 4. The van der Waals surface area contributed by atoms with Crippen molar-refractivity contribution in [2.45, 2.75) is 19.4 Å². The number of hydrogen-bond donors (Lipinski definition) is 1. The van der Waals surface area contributed by atoms with E-state index >= 15 is 0 Å². The molecule has 0 saturated carbocycles. The number of benzene rings is 3. The van der Waals surface area contributed by atoms with Crippen LogP contribution >= 0.6 is 0 Å². The molecule has 36 heavy (non-hydrogen) atoms. The lowest BCUT2D eigenvalue weighted by Gasteiger charge is -2.16. The zero-order valence-corrected chi connectivity index (χ0v) is 18.5. The number of halogens is 3. The topological polar surface area (TPSA) is 102 Å². The fraction of sp³-hybridized carbons (Fsp3) is 0.120. The van der Waals surface area contributed by atoms with E-state index in [1.807, 2.05) is 0 Å². The molecule has 1 atom stereocenters. The van der Waals surface area contributed by atoms with Gasteiger partial charge in [-0.05, 0) is 67.6 Å². The van der Waals surface area contributed by atoms with Crippen LogP contribution in [0.3, 0.4) is 0 Å². The number of hydrogen-bond acceptors (Lipinski definition) is 6. The largest absolute Gasteiger partial charge is 0.573 e. The molecule has 1 heterocycles. The quantitative estimate of drug-likeness (QED) is 0.395. The van der Waals surface area contributed by atoms with Gasteiger partial charge in [0.05, 0.1) is 22.4 Å². The number of carbonyl (C=O) groups is 4. The standard InChI is InChI=1S/C25H17F3N2O6/c1-14(21(31)29-16-8-12-18(13-9-16)36-25(26,27)28)35-24(34)15-6-10-17(11-7-15)30-22(32)19-4-2-3-5-20(19)23(30)33/h2-14H,1H3,(H,29,31). The molecular formula is C25H17F3N2O6. The number of nitrogens with one attached hydrogen (secondary N) is 1. The Morgan fingerprint density at radius 1 is 0.861 bits per heavy atom. The first kappa shape index (κ1) is 24.5. The number of ether oxygens (including phenoxy) is 2. The van der Waals surface area contributed by atoms with Crippen molar-refractivity contribution in [3.63, 3.8) is 0 Å². The number of nitrogens with zero attached hydrogens (tertiary/aromatic N) is 1. The third kappa shape index (κ3) is 5.19. The molecule has 0 bridgehead atoms. The summed E-state index contributed by atoms with van der Waals surface area (Å²) in [5.74, 6) is -2.95. The van der Waals surface area contributed by atoms with E-state index in [1.54, 1.807) is 24.3 Å². The Morgan fingerprint density at radius 3 is 1.94 bits per heavy atom. The molecule has 0 aromatic heterocycles. The molecule has 0 aliphatic carbocycles. The molecule has 0 radical (unpaired) electrons. The van der Waals surface area contributed by atoms with Gasteiger partial charge in [-0.3, -0.25) is 14.4 Å². The maximum Gasteiger partial charge on any atom is 0.573 e. The van der Waals surface area contributed by atoms with Gasteiger partial charge < -0.3 is 14.8 Å². The second kappa shape index (κ2) is 9.53. The predicted octanol–water partition coefficient (Wildman–Crippen LogP) is 4.57. The summed E-state index contributed by atoms with van der Waals surface area (Å²) >= 11 is 0. The van der Waals surface area contributed by atoms with Crippen molar-refractivity contribution in [3.8, 4) is 5.75 Å². The second-order valence-electron chi connectivity index (χ2n) is 7.65. The van der Waals surface area contributed by atoms with Crippen LogP contribution in [0.2, 0.25) is 0 Å². The normalized spacial score (nSPS) is 13.7. The van der Waals surface area contributed by atoms with Gasteiger partial charge in [0, 0.05) is 5.69 Å². The third-order valence-corrected chi connectivity index (χ3v) is 5.16. The van der Waals surface area contributed by atoms with Crippen LogP contribution in [0, 0.1) is 0 Å². The summed E-state index contributed by atoms with van der Waals surface area (Å²) in [6.07, 6.45) is -6.07. The van der Waals surface area contributed by atoms with Gasteiger partial charge in [-0.25, -0.2) is 9.69 Å². The molecular weight excluding hydrogens is 481 g/mol. The first-order chi connectivity index (χ1) is 17.0. The molecule has 4 rings (SSSR count). The van der Waals surface area contributed by atoms with Crippen molar-refractivity contribution < 1.29 is 41.8 Å². The van der Waals surface area contributed by atoms with E-state index in [2.05, 4.69) is 10.1 Å². The van der Waals surface area contributed by atoms with Crippen molar-refractivity contribution >= 4 is 35.1 Å². The van der Waals surface area contributed by atoms with E-state index in [9.17, 15) is 32.3 Å². The Balaban J connectivity index is 1.36. The van der Waals surface area contributed by atoms with E-state index in [-0.39, 0.29) is 28.1 Å². The lowest BCUT2D eigenvalue weighted by Crippen LogP contribution is -2.30. The fourth-order valence-corrected chi connectivity index (χ4v) is 3.44. The van der Waals surface area contributed by atoms with Gasteiger partial charge in [0.1, 0.15) is 5.75 Å². The van der Waals surface area contributed by atoms with Gasteiger partial charge in [-0.1, -0.05) is 12.1 Å². The van der Waals surface area contributed by atoms with Crippen molar-refractivity contribution in [1.82, 2.24) is 0 Å². The number of esters is 1. The highest BCUT2D eigenvalue weighted by Gasteiger charge is 2.36. The van der Waals surface area contributed by atoms with Crippen LogP contribution in [0.1, 0.15) is 38.0 Å². The maximum atomic E-state index is 12.6. The van der Waals surface area contributed by atoms with Crippen LogP contribution in [-0.2, 0) is 9.53 Å². The fourth-order valence-electron chi connectivity index (χ4n) is 3.44. The summed E-state index contributed by atoms with van der Waals surface area (Å²) in [6, 6.07) is 16.4. The van der Waals surface area contributed by atoms with Crippen molar-refractivity contribution in [2.24, 2.45) is 0 Å². The number of alkyl halides is 3. The minimum Gasteiger partial charge on any atom is -0.449 e. The van der Waals surface area contributed by atoms with E-state index in [1.165, 1.54) is 43.3 Å². The molecule has 1 aliphatic heterocycles. The summed E-state index contributed by atoms with van der Waals surface area (Å²) in [6.45, 7) is 1.32. The van der Waals surface area contributed by atoms with Crippen LogP contribution in [0.5, 0.6) is 5.75 Å². The molecule has 8 nitrogen and oxygen atoms in total. The lowest BCUT2D eigenvalue weighted by molar-refractivity contribution is -0.274. The number of anilines is 2. The Morgan fingerprint density at radius 2 is 1.42 bits per heavy atom. The summed E-state index contributed by atoms with van der Waals surface area (Å²) in [4.78, 5) is 51.0. The molecule has 0 spiro atoms. The summed E-state index contributed by atoms with van der Waals surface area (Å²) in [5.41, 5.74) is 1.08. The third-order valence-electron chi connectivity index (χ3n) is 5.16. The van der Waals surface area contributed by atoms with Gasteiger partial charge in [-0.2, -0.15) is 0 Å². The predicted molar refractivity (Wildman–Crippen MR) is 121 cm³/mol. The highest BCUT2D eigenvalue weighted by molar-refractivity contribution is 6.34. The average Bonchev–Trinajstić information content (AvgIpc) is 3.09. The molecule has 1 aliphatic rings. The minimum atomic E-state index is -4.84. The molecule has 3 amide bonds. The monoisotopic (exact) mass is 498 g/mol. The first-order valence-electron chi connectivity index (χ1n) is 10.5. The van der Waals surface area contributed by atoms with Crippen LogP contribution in [0.15, 0.2) is 72.8 Å². The molecule has 184 valence electrons. The smallest absolute Gasteiger partial charge is 0.449 e. The van der Waals surface area contributed by atoms with Gasteiger partial charge in [-0.15, -0.1) is 13.2 Å². The number of rotatable bonds is 6. The molecule has 1 N–H and O–H groups in total. The zero-order valence-electron chi connectivity index (χ0n) is 18.5. The van der Waals surface area contributed by atoms with Gasteiger partial charge in [0.25, 0.3) is 17.7 Å². The molecule has 1 unspecified atom stereocenters. The molecule has 3 aromatic rings. The van der Waals surface area contributed by atoms with Crippen molar-refractivity contribution in [3.05, 3.63) is 89.5 Å². The van der Waals surface area contributed by atoms with Gasteiger partial charge in [0.15, 0.2) is 6.10 Å². The van der Waals surface area contributed by atoms with Crippen molar-refractivity contribution in [1.29, 1.82) is 0 Å². The maximum absolute atomic E-state index is 12.6. The van der Waals surface area contributed by atoms with E-state index in [0.717, 1.165) is 17.0 Å². The summed E-state index contributed by atoms with van der Waals surface area (Å²) < 4.78 is 45.6.